The van der Waals surface area contributed by atoms with Crippen molar-refractivity contribution in [1.82, 2.24) is 9.78 Å². The van der Waals surface area contributed by atoms with Crippen molar-refractivity contribution in [2.45, 2.75) is 13.3 Å². The summed E-state index contributed by atoms with van der Waals surface area (Å²) in [4.78, 5) is 23.2. The number of aromatic nitrogens is 2. The quantitative estimate of drug-likeness (QED) is 0.490. The third-order valence-electron chi connectivity index (χ3n) is 2.74. The molecule has 1 heterocycles. The maximum absolute atomic E-state index is 11.9. The number of Topliss-reactive ketones (excluding diaryl/α,β-unsaturated/α-hetero) is 1. The Balaban J connectivity index is 2.28. The number of carbonyl (C=O) groups excluding carboxylic acids is 2. The van der Waals surface area contributed by atoms with Crippen LogP contribution in [-0.2, 0) is 16.6 Å². The first-order chi connectivity index (χ1) is 9.02. The summed E-state index contributed by atoms with van der Waals surface area (Å²) >= 11 is 5.94. The number of ketones is 1. The van der Waals surface area contributed by atoms with Crippen molar-refractivity contribution in [3.63, 3.8) is 0 Å². The predicted molar refractivity (Wildman–Crippen MR) is 71.3 cm³/mol. The van der Waals surface area contributed by atoms with Crippen molar-refractivity contribution in [2.75, 3.05) is 6.61 Å². The van der Waals surface area contributed by atoms with Crippen molar-refractivity contribution in [3.05, 3.63) is 28.9 Å². The van der Waals surface area contributed by atoms with Crippen LogP contribution >= 0.6 is 11.6 Å². The molecule has 2 rings (SSSR count). The molecule has 1 aromatic carbocycles. The second-order valence-corrected chi connectivity index (χ2v) is 4.41. The number of benzene rings is 1. The van der Waals surface area contributed by atoms with Crippen LogP contribution in [0, 0.1) is 0 Å². The number of halogens is 1. The number of carbonyl (C=O) groups is 2. The topological polar surface area (TPSA) is 61.2 Å². The molecule has 0 unspecified atom stereocenters. The monoisotopic (exact) mass is 280 g/mol. The number of aryl methyl sites for hydroxylation is 1. The van der Waals surface area contributed by atoms with Crippen molar-refractivity contribution in [3.8, 4) is 0 Å². The van der Waals surface area contributed by atoms with Crippen molar-refractivity contribution in [2.24, 2.45) is 7.05 Å². The number of hydrogen-bond donors (Lipinski definition) is 0. The van der Waals surface area contributed by atoms with E-state index in [9.17, 15) is 9.59 Å². The third kappa shape index (κ3) is 2.76. The minimum Gasteiger partial charge on any atom is -0.466 e. The molecule has 1 aromatic heterocycles. The van der Waals surface area contributed by atoms with Crippen LogP contribution in [0.3, 0.4) is 0 Å². The third-order valence-corrected chi connectivity index (χ3v) is 3.02. The molecule has 100 valence electrons. The summed E-state index contributed by atoms with van der Waals surface area (Å²) < 4.78 is 6.35. The van der Waals surface area contributed by atoms with Crippen molar-refractivity contribution in [1.29, 1.82) is 0 Å². The smallest absolute Gasteiger partial charge is 0.313 e. The zero-order valence-electron chi connectivity index (χ0n) is 10.6. The summed E-state index contributed by atoms with van der Waals surface area (Å²) in [6.45, 7) is 1.97. The fourth-order valence-electron chi connectivity index (χ4n) is 1.83. The molecule has 0 aliphatic heterocycles. The maximum atomic E-state index is 11.9. The Hall–Kier alpha value is -1.88. The molecular weight excluding hydrogens is 268 g/mol. The van der Waals surface area contributed by atoms with Gasteiger partial charge in [-0.15, -0.1) is 0 Å². The van der Waals surface area contributed by atoms with E-state index in [2.05, 4.69) is 5.10 Å². The van der Waals surface area contributed by atoms with Crippen LogP contribution in [-0.4, -0.2) is 28.1 Å². The molecule has 0 saturated carbocycles. The number of nitrogens with zero attached hydrogens (tertiary/aromatic N) is 2. The minimum absolute atomic E-state index is 0.259. The van der Waals surface area contributed by atoms with Gasteiger partial charge < -0.3 is 4.74 Å². The molecule has 5 nitrogen and oxygen atoms in total. The van der Waals surface area contributed by atoms with Crippen molar-refractivity contribution >= 4 is 34.3 Å². The molecule has 0 bridgehead atoms. The SMILES string of the molecule is CCOC(=O)CC(=O)c1ccc2c(Cl)nn(C)c2c1. The van der Waals surface area contributed by atoms with E-state index in [0.29, 0.717) is 10.7 Å². The summed E-state index contributed by atoms with van der Waals surface area (Å²) in [5.41, 5.74) is 1.19. The van der Waals surface area contributed by atoms with Gasteiger partial charge in [-0.3, -0.25) is 14.3 Å². The van der Waals surface area contributed by atoms with E-state index in [1.54, 1.807) is 36.9 Å². The molecule has 6 heteroatoms. The molecule has 0 radical (unpaired) electrons. The summed E-state index contributed by atoms with van der Waals surface area (Å²) in [5, 5.41) is 5.23. The van der Waals surface area contributed by atoms with Gasteiger partial charge in [-0.05, 0) is 19.1 Å². The van der Waals surface area contributed by atoms with E-state index < -0.39 is 5.97 Å². The van der Waals surface area contributed by atoms with E-state index in [1.807, 2.05) is 0 Å². The molecule has 0 aliphatic rings. The zero-order valence-corrected chi connectivity index (χ0v) is 11.4. The number of fused-ring (bicyclic) bond motifs is 1. The van der Waals surface area contributed by atoms with Gasteiger partial charge in [-0.1, -0.05) is 17.7 Å². The molecule has 0 amide bonds. The Morgan fingerprint density at radius 2 is 2.16 bits per heavy atom. The first-order valence-electron chi connectivity index (χ1n) is 5.84. The Kier molecular flexibility index (Phi) is 3.85. The maximum Gasteiger partial charge on any atom is 0.313 e. The number of hydrogen-bond acceptors (Lipinski definition) is 4. The Morgan fingerprint density at radius 3 is 2.84 bits per heavy atom. The first-order valence-corrected chi connectivity index (χ1v) is 6.21. The fourth-order valence-corrected chi connectivity index (χ4v) is 2.11. The number of ether oxygens (including phenoxy) is 1. The van der Waals surface area contributed by atoms with Crippen molar-refractivity contribution < 1.29 is 14.3 Å². The highest BCUT2D eigenvalue weighted by Gasteiger charge is 2.15. The number of esters is 1. The minimum atomic E-state index is -0.518. The molecule has 2 aromatic rings. The van der Waals surface area contributed by atoms with Crippen LogP contribution in [0.4, 0.5) is 0 Å². The molecular formula is C13H13ClN2O3. The van der Waals surface area contributed by atoms with Crippen LogP contribution in [0.5, 0.6) is 0 Å². The second kappa shape index (κ2) is 5.40. The van der Waals surface area contributed by atoms with Gasteiger partial charge in [0, 0.05) is 18.0 Å². The van der Waals surface area contributed by atoms with Crippen LogP contribution in [0.25, 0.3) is 10.9 Å². The Labute approximate surface area is 115 Å². The highest BCUT2D eigenvalue weighted by atomic mass is 35.5. The largest absolute Gasteiger partial charge is 0.466 e. The zero-order chi connectivity index (χ0) is 14.0. The fraction of sp³-hybridized carbons (Fsp3) is 0.308. The van der Waals surface area contributed by atoms with Gasteiger partial charge in [-0.2, -0.15) is 5.10 Å². The van der Waals surface area contributed by atoms with E-state index >= 15 is 0 Å². The van der Waals surface area contributed by atoms with Gasteiger partial charge in [0.15, 0.2) is 10.9 Å². The van der Waals surface area contributed by atoms with E-state index in [-0.39, 0.29) is 18.8 Å². The molecule has 0 spiro atoms. The average Bonchev–Trinajstić information content (AvgIpc) is 2.65. The number of rotatable bonds is 4. The highest BCUT2D eigenvalue weighted by Crippen LogP contribution is 2.23. The van der Waals surface area contributed by atoms with Gasteiger partial charge in [0.25, 0.3) is 0 Å². The molecule has 0 atom stereocenters. The summed E-state index contributed by atoms with van der Waals surface area (Å²) in [7, 11) is 1.74. The summed E-state index contributed by atoms with van der Waals surface area (Å²) in [6.07, 6.45) is -0.259. The van der Waals surface area contributed by atoms with E-state index in [4.69, 9.17) is 16.3 Å². The standard InChI is InChI=1S/C13H13ClN2O3/c1-3-19-12(18)7-11(17)8-4-5-9-10(6-8)16(2)15-13(9)14/h4-6H,3,7H2,1-2H3. The lowest BCUT2D eigenvalue weighted by atomic mass is 10.1. The second-order valence-electron chi connectivity index (χ2n) is 4.05. The predicted octanol–water partition coefficient (Wildman–Crippen LogP) is 2.36. The van der Waals surface area contributed by atoms with Crippen LogP contribution in [0.1, 0.15) is 23.7 Å². The lowest BCUT2D eigenvalue weighted by Crippen LogP contribution is -2.11. The van der Waals surface area contributed by atoms with Gasteiger partial charge >= 0.3 is 5.97 Å². The van der Waals surface area contributed by atoms with Gasteiger partial charge in [-0.25, -0.2) is 0 Å². The molecule has 0 saturated heterocycles. The Bertz CT molecular complexity index is 649. The van der Waals surface area contributed by atoms with Gasteiger partial charge in [0.1, 0.15) is 6.42 Å². The van der Waals surface area contributed by atoms with E-state index in [1.165, 1.54) is 0 Å². The molecule has 19 heavy (non-hydrogen) atoms. The Morgan fingerprint density at radius 1 is 1.42 bits per heavy atom. The molecule has 0 aliphatic carbocycles. The lowest BCUT2D eigenvalue weighted by Gasteiger charge is -2.02. The molecule has 0 fully saturated rings. The normalized spacial score (nSPS) is 10.7. The molecule has 0 N–H and O–H groups in total. The van der Waals surface area contributed by atoms with E-state index in [0.717, 1.165) is 10.9 Å². The summed E-state index contributed by atoms with van der Waals surface area (Å²) in [5.74, 6) is -0.798. The highest BCUT2D eigenvalue weighted by molar-refractivity contribution is 6.34. The van der Waals surface area contributed by atoms with Gasteiger partial charge in [0.2, 0.25) is 0 Å². The van der Waals surface area contributed by atoms with Crippen LogP contribution in [0.2, 0.25) is 5.15 Å². The lowest BCUT2D eigenvalue weighted by molar-refractivity contribution is -0.141. The van der Waals surface area contributed by atoms with Crippen LogP contribution in [0.15, 0.2) is 18.2 Å². The van der Waals surface area contributed by atoms with Crippen LogP contribution < -0.4 is 0 Å². The van der Waals surface area contributed by atoms with Gasteiger partial charge in [0.05, 0.1) is 12.1 Å². The first kappa shape index (κ1) is 13.5. The summed E-state index contributed by atoms with van der Waals surface area (Å²) in [6, 6.07) is 5.04. The average molecular weight is 281 g/mol.